The fourth-order valence-electron chi connectivity index (χ4n) is 4.51. The maximum Gasteiger partial charge on any atom is 0.266 e. The number of aromatic nitrogens is 1. The number of hydrogen-bond donors (Lipinski definition) is 0. The number of aryl methyl sites for hydroxylation is 1. The minimum atomic E-state index is 0.127. The first-order valence-electron chi connectivity index (χ1n) is 11.0. The molecule has 0 N–H and O–H groups in total. The first kappa shape index (κ1) is 20.2. The fourth-order valence-corrected chi connectivity index (χ4v) is 4.51. The van der Waals surface area contributed by atoms with Crippen molar-refractivity contribution < 1.29 is 13.6 Å². The van der Waals surface area contributed by atoms with E-state index >= 15 is 0 Å². The maximum absolute atomic E-state index is 13.1. The number of benzene rings is 1. The standard InChI is InChI=1S/C24H25N5O3/c1-17-8-9-18-5-2-3-6-20(18)29(17)16-22(30)27-10-12-28(13-11-27)24-19(15-25)26-23(32-24)21-7-4-14-31-21/h2-7,14,17H,8-13,16H2,1H3/t17-/m1/s1. The zero-order chi connectivity index (χ0) is 22.1. The summed E-state index contributed by atoms with van der Waals surface area (Å²) in [5, 5.41) is 9.49. The van der Waals surface area contributed by atoms with E-state index in [2.05, 4.69) is 41.1 Å². The third kappa shape index (κ3) is 3.71. The lowest BCUT2D eigenvalue weighted by Crippen LogP contribution is -2.52. The van der Waals surface area contributed by atoms with Gasteiger partial charge in [0, 0.05) is 37.9 Å². The van der Waals surface area contributed by atoms with Crippen LogP contribution in [0.1, 0.15) is 24.6 Å². The molecule has 0 bridgehead atoms. The molecule has 8 heteroatoms. The van der Waals surface area contributed by atoms with Crippen molar-refractivity contribution in [1.29, 1.82) is 5.26 Å². The van der Waals surface area contributed by atoms with Crippen molar-refractivity contribution >= 4 is 17.5 Å². The Morgan fingerprint density at radius 2 is 2.00 bits per heavy atom. The third-order valence-corrected chi connectivity index (χ3v) is 6.34. The quantitative estimate of drug-likeness (QED) is 0.626. The average molecular weight is 431 g/mol. The summed E-state index contributed by atoms with van der Waals surface area (Å²) >= 11 is 0. The minimum absolute atomic E-state index is 0.127. The molecule has 0 saturated carbocycles. The summed E-state index contributed by atoms with van der Waals surface area (Å²) in [6.07, 6.45) is 3.65. The molecular weight excluding hydrogens is 406 g/mol. The molecule has 0 unspecified atom stereocenters. The number of amides is 1. The highest BCUT2D eigenvalue weighted by Gasteiger charge is 2.30. The Morgan fingerprint density at radius 3 is 2.75 bits per heavy atom. The van der Waals surface area contributed by atoms with E-state index in [9.17, 15) is 10.1 Å². The van der Waals surface area contributed by atoms with Gasteiger partial charge in [0.15, 0.2) is 5.76 Å². The van der Waals surface area contributed by atoms with Gasteiger partial charge >= 0.3 is 0 Å². The van der Waals surface area contributed by atoms with Crippen molar-refractivity contribution in [3.8, 4) is 17.7 Å². The van der Waals surface area contributed by atoms with Crippen molar-refractivity contribution in [3.05, 3.63) is 53.9 Å². The number of furan rings is 1. The number of hydrogen-bond acceptors (Lipinski definition) is 7. The fraction of sp³-hybridized carbons (Fsp3) is 0.375. The number of anilines is 2. The number of oxazole rings is 1. The highest BCUT2D eigenvalue weighted by molar-refractivity contribution is 5.82. The molecule has 2 aromatic heterocycles. The molecule has 4 heterocycles. The number of para-hydroxylation sites is 1. The largest absolute Gasteiger partial charge is 0.459 e. The molecule has 1 fully saturated rings. The highest BCUT2D eigenvalue weighted by atomic mass is 16.4. The van der Waals surface area contributed by atoms with Crippen molar-refractivity contribution in [2.24, 2.45) is 0 Å². The minimum Gasteiger partial charge on any atom is -0.459 e. The lowest BCUT2D eigenvalue weighted by Gasteiger charge is -2.39. The Kier molecular flexibility index (Phi) is 5.31. The molecule has 1 saturated heterocycles. The van der Waals surface area contributed by atoms with Crippen molar-refractivity contribution in [2.45, 2.75) is 25.8 Å². The number of fused-ring (bicyclic) bond motifs is 1. The van der Waals surface area contributed by atoms with E-state index in [0.29, 0.717) is 50.4 Å². The van der Waals surface area contributed by atoms with E-state index in [1.807, 2.05) is 15.9 Å². The molecule has 164 valence electrons. The van der Waals surface area contributed by atoms with Crippen LogP contribution in [0.4, 0.5) is 11.6 Å². The SMILES string of the molecule is C[C@@H]1CCc2ccccc2N1CC(=O)N1CCN(c2oc(-c3ccco3)nc2C#N)CC1. The Bertz CT molecular complexity index is 1140. The molecule has 5 rings (SSSR count). The smallest absolute Gasteiger partial charge is 0.266 e. The third-order valence-electron chi connectivity index (χ3n) is 6.34. The van der Waals surface area contributed by atoms with Crippen LogP contribution in [0, 0.1) is 11.3 Å². The monoisotopic (exact) mass is 431 g/mol. The van der Waals surface area contributed by atoms with Crippen molar-refractivity contribution in [2.75, 3.05) is 42.5 Å². The van der Waals surface area contributed by atoms with Crippen LogP contribution in [-0.4, -0.2) is 54.6 Å². The molecule has 2 aliphatic rings. The van der Waals surface area contributed by atoms with Gasteiger partial charge in [0.1, 0.15) is 6.07 Å². The van der Waals surface area contributed by atoms with Gasteiger partial charge < -0.3 is 23.5 Å². The van der Waals surface area contributed by atoms with Gasteiger partial charge in [0.25, 0.3) is 5.89 Å². The van der Waals surface area contributed by atoms with Crippen LogP contribution in [0.25, 0.3) is 11.7 Å². The summed E-state index contributed by atoms with van der Waals surface area (Å²) in [7, 11) is 0. The lowest BCUT2D eigenvalue weighted by molar-refractivity contribution is -0.130. The maximum atomic E-state index is 13.1. The molecule has 0 aliphatic carbocycles. The molecule has 3 aromatic rings. The Morgan fingerprint density at radius 1 is 1.19 bits per heavy atom. The topological polar surface area (TPSA) is 89.8 Å². The lowest BCUT2D eigenvalue weighted by atomic mass is 9.96. The van der Waals surface area contributed by atoms with Crippen LogP contribution in [0.5, 0.6) is 0 Å². The van der Waals surface area contributed by atoms with Crippen LogP contribution < -0.4 is 9.80 Å². The van der Waals surface area contributed by atoms with Crippen LogP contribution in [0.15, 0.2) is 51.5 Å². The Balaban J connectivity index is 1.25. The molecule has 0 spiro atoms. The number of piperazine rings is 1. The summed E-state index contributed by atoms with van der Waals surface area (Å²) in [5.74, 6) is 1.34. The molecule has 8 nitrogen and oxygen atoms in total. The molecule has 1 amide bonds. The van der Waals surface area contributed by atoms with Crippen molar-refractivity contribution in [1.82, 2.24) is 9.88 Å². The first-order valence-corrected chi connectivity index (χ1v) is 11.0. The second-order valence-electron chi connectivity index (χ2n) is 8.27. The molecular formula is C24H25N5O3. The van der Waals surface area contributed by atoms with Gasteiger partial charge in [0.2, 0.25) is 17.5 Å². The van der Waals surface area contributed by atoms with E-state index in [4.69, 9.17) is 8.83 Å². The molecule has 1 atom stereocenters. The first-order chi connectivity index (χ1) is 15.6. The van der Waals surface area contributed by atoms with Gasteiger partial charge in [0.05, 0.1) is 12.8 Å². The van der Waals surface area contributed by atoms with Gasteiger partial charge in [-0.25, -0.2) is 0 Å². The Hall–Kier alpha value is -3.73. The summed E-state index contributed by atoms with van der Waals surface area (Å²) in [5.41, 5.74) is 2.71. The predicted molar refractivity (Wildman–Crippen MR) is 119 cm³/mol. The van der Waals surface area contributed by atoms with E-state index in [-0.39, 0.29) is 17.5 Å². The molecule has 2 aliphatic heterocycles. The van der Waals surface area contributed by atoms with E-state index < -0.39 is 0 Å². The normalized spacial score (nSPS) is 18.4. The zero-order valence-electron chi connectivity index (χ0n) is 18.0. The summed E-state index contributed by atoms with van der Waals surface area (Å²) < 4.78 is 11.2. The van der Waals surface area contributed by atoms with E-state index in [1.165, 1.54) is 17.5 Å². The summed E-state index contributed by atoms with van der Waals surface area (Å²) in [6, 6.07) is 14.3. The number of carbonyl (C=O) groups is 1. The Labute approximate surface area is 186 Å². The average Bonchev–Trinajstić information content (AvgIpc) is 3.51. The van der Waals surface area contributed by atoms with Crippen LogP contribution in [0.3, 0.4) is 0 Å². The zero-order valence-corrected chi connectivity index (χ0v) is 18.0. The molecule has 0 radical (unpaired) electrons. The number of rotatable bonds is 4. The highest BCUT2D eigenvalue weighted by Crippen LogP contribution is 2.31. The predicted octanol–water partition coefficient (Wildman–Crippen LogP) is 3.30. The van der Waals surface area contributed by atoms with Crippen LogP contribution in [0.2, 0.25) is 0 Å². The van der Waals surface area contributed by atoms with Gasteiger partial charge in [-0.1, -0.05) is 18.2 Å². The van der Waals surface area contributed by atoms with Gasteiger partial charge in [-0.3, -0.25) is 4.79 Å². The second kappa shape index (κ2) is 8.42. The summed E-state index contributed by atoms with van der Waals surface area (Å²) in [4.78, 5) is 23.5. The number of carbonyl (C=O) groups excluding carboxylic acids is 1. The van der Waals surface area contributed by atoms with E-state index in [0.717, 1.165) is 12.8 Å². The second-order valence-corrected chi connectivity index (χ2v) is 8.27. The molecule has 32 heavy (non-hydrogen) atoms. The number of nitriles is 1. The van der Waals surface area contributed by atoms with Crippen LogP contribution in [-0.2, 0) is 11.2 Å². The van der Waals surface area contributed by atoms with E-state index in [1.54, 1.807) is 12.1 Å². The van der Waals surface area contributed by atoms with Gasteiger partial charge in [-0.2, -0.15) is 10.2 Å². The van der Waals surface area contributed by atoms with Crippen molar-refractivity contribution in [3.63, 3.8) is 0 Å². The molecule has 1 aromatic carbocycles. The van der Waals surface area contributed by atoms with Gasteiger partial charge in [-0.05, 0) is 43.5 Å². The number of nitrogens with zero attached hydrogens (tertiary/aromatic N) is 5. The van der Waals surface area contributed by atoms with Gasteiger partial charge in [-0.15, -0.1) is 0 Å². The summed E-state index contributed by atoms with van der Waals surface area (Å²) in [6.45, 7) is 4.88. The van der Waals surface area contributed by atoms with Crippen LogP contribution >= 0.6 is 0 Å².